The van der Waals surface area contributed by atoms with Crippen molar-refractivity contribution < 1.29 is 14.3 Å². The fourth-order valence-electron chi connectivity index (χ4n) is 3.70. The largest absolute Gasteiger partial charge is 0.494 e. The molecule has 1 heterocycles. The highest BCUT2D eigenvalue weighted by molar-refractivity contribution is 5.75. The lowest BCUT2D eigenvalue weighted by Crippen LogP contribution is -2.24. The van der Waals surface area contributed by atoms with Crippen LogP contribution < -0.4 is 9.64 Å². The number of benzene rings is 1. The van der Waals surface area contributed by atoms with Crippen LogP contribution in [0.2, 0.25) is 0 Å². The second kappa shape index (κ2) is 14.7. The normalized spacial score (nSPS) is 14.3. The van der Waals surface area contributed by atoms with Gasteiger partial charge in [0, 0.05) is 18.0 Å². The van der Waals surface area contributed by atoms with Gasteiger partial charge in [0.15, 0.2) is 0 Å². The Balaban J connectivity index is 1.84. The van der Waals surface area contributed by atoms with Gasteiger partial charge in [0.25, 0.3) is 0 Å². The van der Waals surface area contributed by atoms with Crippen molar-refractivity contribution in [3.63, 3.8) is 0 Å². The number of esters is 1. The number of nitrogens with zero attached hydrogens (tertiary/aromatic N) is 2. The minimum Gasteiger partial charge on any atom is -0.494 e. The smallest absolute Gasteiger partial charge is 0.315 e. The molecule has 1 aliphatic heterocycles. The van der Waals surface area contributed by atoms with Crippen LogP contribution in [0.5, 0.6) is 5.75 Å². The van der Waals surface area contributed by atoms with Crippen molar-refractivity contribution in [3.8, 4) is 5.75 Å². The molecule has 1 atom stereocenters. The van der Waals surface area contributed by atoms with Gasteiger partial charge in [-0.2, -0.15) is 0 Å². The first-order chi connectivity index (χ1) is 15.2. The second-order valence-corrected chi connectivity index (χ2v) is 8.21. The van der Waals surface area contributed by atoms with Gasteiger partial charge in [-0.05, 0) is 31.4 Å². The second-order valence-electron chi connectivity index (χ2n) is 8.21. The van der Waals surface area contributed by atoms with Gasteiger partial charge in [-0.25, -0.2) is 4.99 Å². The Labute approximate surface area is 188 Å². The number of aliphatic imine (C=N–C) groups is 1. The molecule has 5 heteroatoms. The zero-order valence-corrected chi connectivity index (χ0v) is 19.6. The lowest BCUT2D eigenvalue weighted by atomic mass is 10.0. The minimum absolute atomic E-state index is 0.0696. The maximum Gasteiger partial charge on any atom is 0.315 e. The van der Waals surface area contributed by atoms with E-state index in [0.717, 1.165) is 43.7 Å². The Morgan fingerprint density at radius 1 is 1.06 bits per heavy atom. The highest BCUT2D eigenvalue weighted by Gasteiger charge is 2.20. The maximum absolute atomic E-state index is 12.4. The first kappa shape index (κ1) is 25.0. The predicted molar refractivity (Wildman–Crippen MR) is 129 cm³/mol. The molecule has 1 aromatic carbocycles. The van der Waals surface area contributed by atoms with Crippen molar-refractivity contribution in [3.05, 3.63) is 36.3 Å². The van der Waals surface area contributed by atoms with Crippen LogP contribution in [0.4, 0.5) is 5.69 Å². The number of hydrogen-bond donors (Lipinski definition) is 0. The SMILES string of the molecule is CCCCCCCCCOc1cccc(N2C=C(OC(=O)C(CC)CCC)N=CC2)c1. The van der Waals surface area contributed by atoms with Gasteiger partial charge in [-0.15, -0.1) is 0 Å². The van der Waals surface area contributed by atoms with Gasteiger partial charge in [0.05, 0.1) is 25.3 Å². The standard InChI is InChI=1S/C26H40N2O3/c1-4-7-8-9-10-11-12-19-30-24-16-13-15-23(20-24)28-18-17-27-25(21-28)31-26(29)22(6-3)14-5-2/h13,15-17,20-22H,4-12,14,18-19H2,1-3H3. The molecule has 0 bridgehead atoms. The fourth-order valence-corrected chi connectivity index (χ4v) is 3.70. The molecule has 1 aliphatic rings. The summed E-state index contributed by atoms with van der Waals surface area (Å²) in [4.78, 5) is 18.7. The Morgan fingerprint density at radius 2 is 1.84 bits per heavy atom. The average Bonchev–Trinajstić information content (AvgIpc) is 2.79. The molecule has 1 aromatic rings. The van der Waals surface area contributed by atoms with Gasteiger partial charge in [0.1, 0.15) is 5.75 Å². The van der Waals surface area contributed by atoms with E-state index < -0.39 is 0 Å². The quantitative estimate of drug-likeness (QED) is 0.226. The number of anilines is 1. The summed E-state index contributed by atoms with van der Waals surface area (Å²) in [7, 11) is 0. The minimum atomic E-state index is -0.193. The Kier molecular flexibility index (Phi) is 11.8. The molecule has 31 heavy (non-hydrogen) atoms. The summed E-state index contributed by atoms with van der Waals surface area (Å²) >= 11 is 0. The highest BCUT2D eigenvalue weighted by atomic mass is 16.5. The van der Waals surface area contributed by atoms with Crippen molar-refractivity contribution in [2.45, 2.75) is 85.0 Å². The van der Waals surface area contributed by atoms with Gasteiger partial charge in [-0.3, -0.25) is 4.79 Å². The van der Waals surface area contributed by atoms with E-state index in [1.807, 2.05) is 36.1 Å². The molecule has 0 aliphatic carbocycles. The van der Waals surface area contributed by atoms with E-state index in [0.29, 0.717) is 12.4 Å². The Hall–Kier alpha value is -2.30. The van der Waals surface area contributed by atoms with Crippen molar-refractivity contribution in [2.75, 3.05) is 18.1 Å². The van der Waals surface area contributed by atoms with Crippen LogP contribution in [0, 0.1) is 5.92 Å². The molecule has 1 unspecified atom stereocenters. The summed E-state index contributed by atoms with van der Waals surface area (Å²) in [5, 5.41) is 0. The lowest BCUT2D eigenvalue weighted by Gasteiger charge is -2.23. The van der Waals surface area contributed by atoms with Crippen LogP contribution >= 0.6 is 0 Å². The Morgan fingerprint density at radius 3 is 2.58 bits per heavy atom. The first-order valence-corrected chi connectivity index (χ1v) is 12.1. The summed E-state index contributed by atoms with van der Waals surface area (Å²) in [5.74, 6) is 0.952. The average molecular weight is 429 g/mol. The maximum atomic E-state index is 12.4. The van der Waals surface area contributed by atoms with Crippen LogP contribution in [0.15, 0.2) is 41.3 Å². The zero-order valence-electron chi connectivity index (χ0n) is 19.6. The predicted octanol–water partition coefficient (Wildman–Crippen LogP) is 6.88. The van der Waals surface area contributed by atoms with Crippen LogP contribution in [-0.4, -0.2) is 25.3 Å². The summed E-state index contributed by atoms with van der Waals surface area (Å²) in [6.07, 6.45) is 15.1. The summed E-state index contributed by atoms with van der Waals surface area (Å²) in [6.45, 7) is 7.72. The molecule has 0 saturated heterocycles. The van der Waals surface area contributed by atoms with Crippen LogP contribution in [0.3, 0.4) is 0 Å². The molecular weight excluding hydrogens is 388 g/mol. The molecule has 2 rings (SSSR count). The van der Waals surface area contributed by atoms with Crippen LogP contribution in [0.25, 0.3) is 0 Å². The van der Waals surface area contributed by atoms with Crippen LogP contribution in [0.1, 0.15) is 85.0 Å². The number of carbonyl (C=O) groups is 1. The van der Waals surface area contributed by atoms with E-state index in [4.69, 9.17) is 9.47 Å². The topological polar surface area (TPSA) is 51.1 Å². The highest BCUT2D eigenvalue weighted by Crippen LogP contribution is 2.24. The monoisotopic (exact) mass is 428 g/mol. The van der Waals surface area contributed by atoms with E-state index in [1.165, 1.54) is 38.5 Å². The van der Waals surface area contributed by atoms with Crippen molar-refractivity contribution >= 4 is 17.9 Å². The Bertz CT molecular complexity index is 714. The van der Waals surface area contributed by atoms with E-state index in [1.54, 1.807) is 12.4 Å². The van der Waals surface area contributed by atoms with E-state index in [2.05, 4.69) is 18.8 Å². The summed E-state index contributed by atoms with van der Waals surface area (Å²) < 4.78 is 11.5. The molecule has 0 radical (unpaired) electrons. The summed E-state index contributed by atoms with van der Waals surface area (Å²) in [5.41, 5.74) is 0.998. The van der Waals surface area contributed by atoms with Gasteiger partial charge in [0.2, 0.25) is 5.88 Å². The number of ether oxygens (including phenoxy) is 2. The molecule has 0 N–H and O–H groups in total. The first-order valence-electron chi connectivity index (χ1n) is 12.1. The zero-order chi connectivity index (χ0) is 22.3. The van der Waals surface area contributed by atoms with Crippen LogP contribution in [-0.2, 0) is 9.53 Å². The lowest BCUT2D eigenvalue weighted by molar-refractivity contribution is -0.144. The van der Waals surface area contributed by atoms with Gasteiger partial charge >= 0.3 is 5.97 Å². The molecular formula is C26H40N2O3. The molecule has 5 nitrogen and oxygen atoms in total. The molecule has 0 spiro atoms. The van der Waals surface area contributed by atoms with Gasteiger partial charge in [-0.1, -0.05) is 71.8 Å². The third-order valence-electron chi connectivity index (χ3n) is 5.60. The molecule has 0 fully saturated rings. The van der Waals surface area contributed by atoms with Gasteiger partial charge < -0.3 is 14.4 Å². The fraction of sp³-hybridized carbons (Fsp3) is 0.615. The molecule has 0 aromatic heterocycles. The number of carbonyl (C=O) groups excluding carboxylic acids is 1. The molecule has 0 amide bonds. The van der Waals surface area contributed by atoms with Crippen molar-refractivity contribution in [1.29, 1.82) is 0 Å². The number of hydrogen-bond acceptors (Lipinski definition) is 5. The van der Waals surface area contributed by atoms with E-state index in [9.17, 15) is 4.79 Å². The van der Waals surface area contributed by atoms with Crippen molar-refractivity contribution in [2.24, 2.45) is 10.9 Å². The third-order valence-corrected chi connectivity index (χ3v) is 5.60. The van der Waals surface area contributed by atoms with E-state index >= 15 is 0 Å². The molecule has 172 valence electrons. The third kappa shape index (κ3) is 9.16. The number of rotatable bonds is 15. The van der Waals surface area contributed by atoms with Crippen molar-refractivity contribution in [1.82, 2.24) is 0 Å². The summed E-state index contributed by atoms with van der Waals surface area (Å²) in [6, 6.07) is 8.04. The number of unbranched alkanes of at least 4 members (excludes halogenated alkanes) is 6. The van der Waals surface area contributed by atoms with E-state index in [-0.39, 0.29) is 11.9 Å². The molecule has 0 saturated carbocycles.